The van der Waals surface area contributed by atoms with Crippen LogP contribution in [0.25, 0.3) is 0 Å². The summed E-state index contributed by atoms with van der Waals surface area (Å²) in [5, 5.41) is 0. The minimum atomic E-state index is 0.184. The minimum absolute atomic E-state index is 0.184. The number of nitrogens with two attached hydrogens (primary N) is 1. The number of hydrogen-bond acceptors (Lipinski definition) is 4. The van der Waals surface area contributed by atoms with Gasteiger partial charge in [0, 0.05) is 45.2 Å². The smallest absolute Gasteiger partial charge is 0.224 e. The lowest BCUT2D eigenvalue weighted by molar-refractivity contribution is -0.133. The number of ether oxygens (including phenoxy) is 1. The average molecular weight is 255 g/mol. The minimum Gasteiger partial charge on any atom is -0.379 e. The van der Waals surface area contributed by atoms with E-state index in [1.165, 1.54) is 6.42 Å². The zero-order valence-electron chi connectivity index (χ0n) is 11.1. The second-order valence-corrected chi connectivity index (χ2v) is 5.18. The highest BCUT2D eigenvalue weighted by Crippen LogP contribution is 2.13. The lowest BCUT2D eigenvalue weighted by Crippen LogP contribution is -2.49. The molecule has 5 nitrogen and oxygen atoms in total. The highest BCUT2D eigenvalue weighted by Gasteiger charge is 2.25. The van der Waals surface area contributed by atoms with E-state index in [2.05, 4.69) is 4.90 Å². The fourth-order valence-corrected chi connectivity index (χ4v) is 2.78. The fraction of sp³-hybridized carbons (Fsp3) is 0.923. The Kier molecular flexibility index (Phi) is 5.41. The molecule has 0 saturated carbocycles. The molecular formula is C13H25N3O2. The van der Waals surface area contributed by atoms with E-state index in [1.807, 2.05) is 4.90 Å². The summed E-state index contributed by atoms with van der Waals surface area (Å²) < 4.78 is 5.34. The molecule has 0 aromatic heterocycles. The molecule has 2 N–H and O–H groups in total. The van der Waals surface area contributed by atoms with Crippen LogP contribution in [0.15, 0.2) is 0 Å². The predicted molar refractivity (Wildman–Crippen MR) is 70.3 cm³/mol. The van der Waals surface area contributed by atoms with Gasteiger partial charge in [-0.05, 0) is 19.3 Å². The third-order valence-corrected chi connectivity index (χ3v) is 3.95. The van der Waals surface area contributed by atoms with Crippen molar-refractivity contribution >= 4 is 5.91 Å². The van der Waals surface area contributed by atoms with Crippen molar-refractivity contribution in [3.05, 3.63) is 0 Å². The Labute approximate surface area is 109 Å². The van der Waals surface area contributed by atoms with Gasteiger partial charge in [-0.25, -0.2) is 0 Å². The first-order valence-electron chi connectivity index (χ1n) is 7.11. The van der Waals surface area contributed by atoms with Crippen LogP contribution in [0, 0.1) is 0 Å². The summed E-state index contributed by atoms with van der Waals surface area (Å²) in [4.78, 5) is 16.5. The molecule has 2 saturated heterocycles. The highest BCUT2D eigenvalue weighted by atomic mass is 16.5. The first-order valence-corrected chi connectivity index (χ1v) is 7.11. The summed E-state index contributed by atoms with van der Waals surface area (Å²) in [7, 11) is 0. The quantitative estimate of drug-likeness (QED) is 0.771. The van der Waals surface area contributed by atoms with Crippen molar-refractivity contribution in [3.63, 3.8) is 0 Å². The molecule has 1 amide bonds. The molecule has 0 aromatic carbocycles. The van der Waals surface area contributed by atoms with Crippen LogP contribution in [0.3, 0.4) is 0 Å². The summed E-state index contributed by atoms with van der Waals surface area (Å²) in [5.74, 6) is 0.275. The van der Waals surface area contributed by atoms with Crippen molar-refractivity contribution in [2.75, 3.05) is 45.9 Å². The Bertz CT molecular complexity index is 261. The van der Waals surface area contributed by atoms with E-state index < -0.39 is 0 Å². The summed E-state index contributed by atoms with van der Waals surface area (Å²) >= 11 is 0. The molecule has 1 atom stereocenters. The van der Waals surface area contributed by atoms with E-state index in [9.17, 15) is 4.79 Å². The van der Waals surface area contributed by atoms with Crippen molar-refractivity contribution in [1.82, 2.24) is 9.80 Å². The van der Waals surface area contributed by atoms with Gasteiger partial charge < -0.3 is 15.4 Å². The number of morpholine rings is 1. The van der Waals surface area contributed by atoms with Crippen LogP contribution in [0.5, 0.6) is 0 Å². The van der Waals surface area contributed by atoms with E-state index in [1.54, 1.807) is 0 Å². The summed E-state index contributed by atoms with van der Waals surface area (Å²) in [6.45, 7) is 5.73. The average Bonchev–Trinajstić information content (AvgIpc) is 2.46. The number of piperidine rings is 1. The molecule has 18 heavy (non-hydrogen) atoms. The Morgan fingerprint density at radius 1 is 1.11 bits per heavy atom. The monoisotopic (exact) mass is 255 g/mol. The third-order valence-electron chi connectivity index (χ3n) is 3.95. The number of likely N-dealkylation sites (tertiary alicyclic amines) is 1. The molecule has 2 aliphatic heterocycles. The van der Waals surface area contributed by atoms with Crippen molar-refractivity contribution in [3.8, 4) is 0 Å². The Balaban J connectivity index is 1.82. The standard InChI is InChI=1S/C13H25N3O2/c14-11-12(15-6-8-18-9-7-15)10-13(17)16-4-2-1-3-5-16/h12H,1-11,14H2. The highest BCUT2D eigenvalue weighted by molar-refractivity contribution is 5.76. The molecule has 0 bridgehead atoms. The van der Waals surface area contributed by atoms with Crippen LogP contribution in [0.2, 0.25) is 0 Å². The predicted octanol–water partition coefficient (Wildman–Crippen LogP) is 0.0485. The van der Waals surface area contributed by atoms with Gasteiger partial charge in [0.2, 0.25) is 5.91 Å². The number of amides is 1. The lowest BCUT2D eigenvalue weighted by atomic mass is 10.1. The second-order valence-electron chi connectivity index (χ2n) is 5.18. The van der Waals surface area contributed by atoms with Crippen molar-refractivity contribution in [2.24, 2.45) is 5.73 Å². The van der Waals surface area contributed by atoms with Crippen LogP contribution in [-0.2, 0) is 9.53 Å². The van der Waals surface area contributed by atoms with Gasteiger partial charge in [-0.3, -0.25) is 9.69 Å². The number of carbonyl (C=O) groups is 1. The molecule has 2 heterocycles. The van der Waals surface area contributed by atoms with Crippen molar-refractivity contribution < 1.29 is 9.53 Å². The van der Waals surface area contributed by atoms with Crippen LogP contribution in [0.4, 0.5) is 0 Å². The second kappa shape index (κ2) is 7.07. The number of nitrogens with zero attached hydrogens (tertiary/aromatic N) is 2. The van der Waals surface area contributed by atoms with E-state index >= 15 is 0 Å². The number of carbonyl (C=O) groups excluding carboxylic acids is 1. The fourth-order valence-electron chi connectivity index (χ4n) is 2.78. The summed E-state index contributed by atoms with van der Waals surface area (Å²) in [5.41, 5.74) is 5.83. The molecular weight excluding hydrogens is 230 g/mol. The third kappa shape index (κ3) is 3.67. The van der Waals surface area contributed by atoms with Crippen LogP contribution in [0.1, 0.15) is 25.7 Å². The zero-order valence-corrected chi connectivity index (χ0v) is 11.1. The molecule has 1 unspecified atom stereocenters. The van der Waals surface area contributed by atoms with E-state index in [-0.39, 0.29) is 11.9 Å². The normalized spacial score (nSPS) is 23.9. The van der Waals surface area contributed by atoms with Crippen LogP contribution >= 0.6 is 0 Å². The Morgan fingerprint density at radius 2 is 1.78 bits per heavy atom. The van der Waals surface area contributed by atoms with E-state index in [4.69, 9.17) is 10.5 Å². The van der Waals surface area contributed by atoms with Gasteiger partial charge in [0.05, 0.1) is 13.2 Å². The Hall–Kier alpha value is -0.650. The molecule has 2 aliphatic rings. The molecule has 0 spiro atoms. The maximum Gasteiger partial charge on any atom is 0.224 e. The van der Waals surface area contributed by atoms with Crippen molar-refractivity contribution in [1.29, 1.82) is 0 Å². The Morgan fingerprint density at radius 3 is 2.39 bits per heavy atom. The molecule has 2 rings (SSSR count). The van der Waals surface area contributed by atoms with Gasteiger partial charge in [0.25, 0.3) is 0 Å². The van der Waals surface area contributed by atoms with Crippen LogP contribution in [-0.4, -0.2) is 67.7 Å². The zero-order chi connectivity index (χ0) is 12.8. The van der Waals surface area contributed by atoms with E-state index in [0.29, 0.717) is 13.0 Å². The van der Waals surface area contributed by atoms with Crippen molar-refractivity contribution in [2.45, 2.75) is 31.7 Å². The molecule has 0 aliphatic carbocycles. The topological polar surface area (TPSA) is 58.8 Å². The van der Waals surface area contributed by atoms with Gasteiger partial charge in [-0.15, -0.1) is 0 Å². The maximum absolute atomic E-state index is 12.2. The molecule has 104 valence electrons. The largest absolute Gasteiger partial charge is 0.379 e. The molecule has 5 heteroatoms. The van der Waals surface area contributed by atoms with Gasteiger partial charge >= 0.3 is 0 Å². The van der Waals surface area contributed by atoms with Gasteiger partial charge in [-0.1, -0.05) is 0 Å². The van der Waals surface area contributed by atoms with E-state index in [0.717, 1.165) is 52.2 Å². The number of hydrogen-bond donors (Lipinski definition) is 1. The molecule has 2 fully saturated rings. The molecule has 0 aromatic rings. The first-order chi connectivity index (χ1) is 8.81. The molecule has 0 radical (unpaired) electrons. The number of rotatable bonds is 4. The summed E-state index contributed by atoms with van der Waals surface area (Å²) in [6, 6.07) is 0.184. The van der Waals surface area contributed by atoms with Gasteiger partial charge in [0.15, 0.2) is 0 Å². The maximum atomic E-state index is 12.2. The summed E-state index contributed by atoms with van der Waals surface area (Å²) in [6.07, 6.45) is 4.12. The van der Waals surface area contributed by atoms with Gasteiger partial charge in [0.1, 0.15) is 0 Å². The lowest BCUT2D eigenvalue weighted by Gasteiger charge is -2.35. The van der Waals surface area contributed by atoms with Gasteiger partial charge in [-0.2, -0.15) is 0 Å². The SMILES string of the molecule is NCC(CC(=O)N1CCCCC1)N1CCOCC1. The first kappa shape index (κ1) is 13.8. The van der Waals surface area contributed by atoms with Crippen LogP contribution < -0.4 is 5.73 Å².